The molecule has 2 aromatic carbocycles. The molecule has 21 heavy (non-hydrogen) atoms. The Kier molecular flexibility index (Phi) is 5.43. The van der Waals surface area contributed by atoms with Crippen molar-refractivity contribution < 1.29 is 13.2 Å². The molecule has 3 N–H and O–H groups in total. The summed E-state index contributed by atoms with van der Waals surface area (Å²) in [4.78, 5) is 0. The molecule has 0 heterocycles. The van der Waals surface area contributed by atoms with Gasteiger partial charge in [-0.15, -0.1) is 0 Å². The second kappa shape index (κ2) is 6.91. The fourth-order valence-electron chi connectivity index (χ4n) is 2.04. The Morgan fingerprint density at radius 3 is 2.05 bits per heavy atom. The van der Waals surface area contributed by atoms with E-state index in [-0.39, 0.29) is 16.5 Å². The molecular weight excluding hydrogens is 413 g/mol. The molecule has 0 saturated carbocycles. The summed E-state index contributed by atoms with van der Waals surface area (Å²) in [5.41, 5.74) is 2.42. The minimum atomic E-state index is -0.881. The maximum absolute atomic E-state index is 13.9. The van der Waals surface area contributed by atoms with Gasteiger partial charge in [-0.3, -0.25) is 11.3 Å². The van der Waals surface area contributed by atoms with Crippen molar-refractivity contribution in [3.8, 4) is 0 Å². The van der Waals surface area contributed by atoms with Gasteiger partial charge in [0.15, 0.2) is 0 Å². The van der Waals surface area contributed by atoms with Gasteiger partial charge in [0, 0.05) is 14.5 Å². The Morgan fingerprint density at radius 1 is 0.952 bits per heavy atom. The minimum Gasteiger partial charge on any atom is -0.271 e. The van der Waals surface area contributed by atoms with E-state index >= 15 is 0 Å². The first-order chi connectivity index (χ1) is 9.92. The van der Waals surface area contributed by atoms with Crippen molar-refractivity contribution in [2.45, 2.75) is 12.5 Å². The van der Waals surface area contributed by atoms with Crippen molar-refractivity contribution in [3.63, 3.8) is 0 Å². The van der Waals surface area contributed by atoms with Crippen LogP contribution in [0.15, 0.2) is 39.3 Å². The van der Waals surface area contributed by atoms with Gasteiger partial charge in [0.25, 0.3) is 0 Å². The number of hydrogen-bond acceptors (Lipinski definition) is 2. The van der Waals surface area contributed by atoms with Crippen molar-refractivity contribution in [3.05, 3.63) is 67.9 Å². The van der Waals surface area contributed by atoms with Crippen molar-refractivity contribution in [2.75, 3.05) is 0 Å². The molecule has 0 saturated heterocycles. The average Bonchev–Trinajstić information content (AvgIpc) is 2.39. The SMILES string of the molecule is NNC(Cc1ccc(Br)cc1F)c1c(F)cc(Br)cc1F. The monoisotopic (exact) mass is 422 g/mol. The number of nitrogens with one attached hydrogen (secondary N) is 1. The van der Waals surface area contributed by atoms with E-state index in [1.807, 2.05) is 0 Å². The fourth-order valence-corrected chi connectivity index (χ4v) is 2.77. The van der Waals surface area contributed by atoms with E-state index in [0.29, 0.717) is 10.0 Å². The second-order valence-electron chi connectivity index (χ2n) is 4.44. The Labute approximate surface area is 136 Å². The van der Waals surface area contributed by atoms with Gasteiger partial charge in [-0.1, -0.05) is 37.9 Å². The molecule has 1 atom stereocenters. The van der Waals surface area contributed by atoms with Gasteiger partial charge in [0.1, 0.15) is 17.5 Å². The van der Waals surface area contributed by atoms with Crippen LogP contribution < -0.4 is 11.3 Å². The summed E-state index contributed by atoms with van der Waals surface area (Å²) in [6.07, 6.45) is 0.0189. The summed E-state index contributed by atoms with van der Waals surface area (Å²) in [6, 6.07) is 5.88. The maximum atomic E-state index is 13.9. The smallest absolute Gasteiger partial charge is 0.132 e. The number of rotatable bonds is 4. The van der Waals surface area contributed by atoms with Crippen LogP contribution in [-0.2, 0) is 6.42 Å². The lowest BCUT2D eigenvalue weighted by Crippen LogP contribution is -2.31. The molecule has 0 aromatic heterocycles. The van der Waals surface area contributed by atoms with Gasteiger partial charge >= 0.3 is 0 Å². The van der Waals surface area contributed by atoms with E-state index in [0.717, 1.165) is 12.1 Å². The molecule has 0 fully saturated rings. The van der Waals surface area contributed by atoms with Gasteiger partial charge in [-0.05, 0) is 36.2 Å². The first-order valence-corrected chi connectivity index (χ1v) is 7.55. The van der Waals surface area contributed by atoms with Crippen LogP contribution >= 0.6 is 31.9 Å². The van der Waals surface area contributed by atoms with Crippen molar-refractivity contribution in [1.82, 2.24) is 5.43 Å². The number of nitrogens with two attached hydrogens (primary N) is 1. The molecule has 7 heteroatoms. The van der Waals surface area contributed by atoms with E-state index < -0.39 is 23.5 Å². The standard InChI is InChI=1S/C14H11Br2F3N2/c15-8-2-1-7(10(17)4-8)3-13(21-20)14-11(18)5-9(16)6-12(14)19/h1-2,4-6,13,21H,3,20H2. The number of hydrogen-bond donors (Lipinski definition) is 2. The maximum Gasteiger partial charge on any atom is 0.132 e. The third-order valence-electron chi connectivity index (χ3n) is 3.03. The second-order valence-corrected chi connectivity index (χ2v) is 6.27. The van der Waals surface area contributed by atoms with Gasteiger partial charge in [0.2, 0.25) is 0 Å². The summed E-state index contributed by atoms with van der Waals surface area (Å²) >= 11 is 6.16. The van der Waals surface area contributed by atoms with E-state index in [4.69, 9.17) is 5.84 Å². The average molecular weight is 424 g/mol. The van der Waals surface area contributed by atoms with Crippen LogP contribution in [0.25, 0.3) is 0 Å². The number of halogens is 5. The van der Waals surface area contributed by atoms with Crippen molar-refractivity contribution in [2.24, 2.45) is 5.84 Å². The molecule has 0 aliphatic carbocycles. The van der Waals surface area contributed by atoms with E-state index in [1.165, 1.54) is 6.07 Å². The third kappa shape index (κ3) is 3.85. The lowest BCUT2D eigenvalue weighted by Gasteiger charge is -2.18. The van der Waals surface area contributed by atoms with Crippen LogP contribution in [-0.4, -0.2) is 0 Å². The first-order valence-electron chi connectivity index (χ1n) is 5.97. The van der Waals surface area contributed by atoms with Gasteiger partial charge in [-0.2, -0.15) is 0 Å². The highest BCUT2D eigenvalue weighted by atomic mass is 79.9. The molecule has 0 amide bonds. The molecule has 2 rings (SSSR count). The first kappa shape index (κ1) is 16.5. The minimum absolute atomic E-state index is 0.0189. The summed E-state index contributed by atoms with van der Waals surface area (Å²) in [7, 11) is 0. The van der Waals surface area contributed by atoms with E-state index in [2.05, 4.69) is 37.3 Å². The Hall–Kier alpha value is -0.890. The molecule has 112 valence electrons. The Morgan fingerprint density at radius 2 is 1.52 bits per heavy atom. The molecule has 0 aliphatic heterocycles. The van der Waals surface area contributed by atoms with Crippen LogP contribution in [0.4, 0.5) is 13.2 Å². The number of hydrazine groups is 1. The van der Waals surface area contributed by atoms with Crippen LogP contribution in [0, 0.1) is 17.5 Å². The zero-order valence-corrected chi connectivity index (χ0v) is 13.8. The van der Waals surface area contributed by atoms with Crippen LogP contribution in [0.3, 0.4) is 0 Å². The normalized spacial score (nSPS) is 12.5. The predicted octanol–water partition coefficient (Wildman–Crippen LogP) is 4.38. The highest BCUT2D eigenvalue weighted by Crippen LogP contribution is 2.28. The lowest BCUT2D eigenvalue weighted by molar-refractivity contribution is 0.465. The van der Waals surface area contributed by atoms with Gasteiger partial charge in [-0.25, -0.2) is 13.2 Å². The summed E-state index contributed by atoms with van der Waals surface area (Å²) in [5.74, 6) is 3.42. The van der Waals surface area contributed by atoms with Crippen LogP contribution in [0.2, 0.25) is 0 Å². The van der Waals surface area contributed by atoms with Crippen molar-refractivity contribution >= 4 is 31.9 Å². The quantitative estimate of drug-likeness (QED) is 0.565. The fraction of sp³-hybridized carbons (Fsp3) is 0.143. The Bertz CT molecular complexity index is 642. The third-order valence-corrected chi connectivity index (χ3v) is 3.98. The summed E-state index contributed by atoms with van der Waals surface area (Å²) in [5, 5.41) is 0. The van der Waals surface area contributed by atoms with Crippen LogP contribution in [0.5, 0.6) is 0 Å². The lowest BCUT2D eigenvalue weighted by atomic mass is 9.98. The zero-order valence-electron chi connectivity index (χ0n) is 10.6. The topological polar surface area (TPSA) is 38.0 Å². The molecule has 2 aromatic rings. The van der Waals surface area contributed by atoms with Crippen molar-refractivity contribution in [1.29, 1.82) is 0 Å². The molecular formula is C14H11Br2F3N2. The summed E-state index contributed by atoms with van der Waals surface area (Å²) < 4.78 is 42.6. The predicted molar refractivity (Wildman–Crippen MR) is 81.9 cm³/mol. The number of benzene rings is 2. The zero-order chi connectivity index (χ0) is 15.6. The molecule has 1 unspecified atom stereocenters. The van der Waals surface area contributed by atoms with Crippen LogP contribution in [0.1, 0.15) is 17.2 Å². The molecule has 0 spiro atoms. The highest BCUT2D eigenvalue weighted by molar-refractivity contribution is 9.10. The van der Waals surface area contributed by atoms with Gasteiger partial charge in [0.05, 0.1) is 6.04 Å². The molecule has 0 radical (unpaired) electrons. The molecule has 2 nitrogen and oxygen atoms in total. The highest BCUT2D eigenvalue weighted by Gasteiger charge is 2.21. The van der Waals surface area contributed by atoms with Gasteiger partial charge < -0.3 is 0 Å². The molecule has 0 bridgehead atoms. The largest absolute Gasteiger partial charge is 0.271 e. The van der Waals surface area contributed by atoms with E-state index in [9.17, 15) is 13.2 Å². The molecule has 0 aliphatic rings. The van der Waals surface area contributed by atoms with E-state index in [1.54, 1.807) is 12.1 Å². The summed E-state index contributed by atoms with van der Waals surface area (Å²) in [6.45, 7) is 0. The Balaban J connectivity index is 2.37.